The van der Waals surface area contributed by atoms with Crippen molar-refractivity contribution >= 4 is 29.3 Å². The fourth-order valence-corrected chi connectivity index (χ4v) is 0.695. The van der Waals surface area contributed by atoms with Crippen LogP contribution in [0.15, 0.2) is 30.3 Å². The van der Waals surface area contributed by atoms with E-state index in [2.05, 4.69) is 0 Å². The summed E-state index contributed by atoms with van der Waals surface area (Å²) in [6, 6.07) is 8.74. The molecule has 0 aliphatic carbocycles. The lowest BCUT2D eigenvalue weighted by atomic mass is 10.2. The lowest BCUT2D eigenvalue weighted by Gasteiger charge is -1.87. The summed E-state index contributed by atoms with van der Waals surface area (Å²) < 4.78 is 0. The summed E-state index contributed by atoms with van der Waals surface area (Å²) in [5.41, 5.74) is 0.541. The van der Waals surface area contributed by atoms with Crippen LogP contribution in [0.25, 0.3) is 0 Å². The Balaban J connectivity index is 0. The van der Waals surface area contributed by atoms with Gasteiger partial charge < -0.3 is 5.48 Å². The minimum absolute atomic E-state index is 0. The standard InChI is InChI=1S/C7H5ClO.ClH.H2O/c8-7(9)6-4-2-1-3-5-6;;/h1-5H;1H;1H2. The molecule has 11 heavy (non-hydrogen) atoms. The van der Waals surface area contributed by atoms with Gasteiger partial charge in [0.05, 0.1) is 0 Å². The molecule has 0 bridgehead atoms. The number of halogens is 2. The zero-order valence-corrected chi connectivity index (χ0v) is 7.15. The molecule has 0 atom stereocenters. The van der Waals surface area contributed by atoms with Gasteiger partial charge >= 0.3 is 0 Å². The molecule has 1 aromatic carbocycles. The SMILES string of the molecule is Cl.O.O=C(Cl)c1ccccc1. The average molecular weight is 195 g/mol. The van der Waals surface area contributed by atoms with Crippen LogP contribution in [0, 0.1) is 0 Å². The Bertz CT molecular complexity index is 211. The maximum absolute atomic E-state index is 10.4. The summed E-state index contributed by atoms with van der Waals surface area (Å²) >= 11 is 5.16. The molecule has 0 unspecified atom stereocenters. The maximum Gasteiger partial charge on any atom is 0.252 e. The van der Waals surface area contributed by atoms with E-state index < -0.39 is 5.24 Å². The van der Waals surface area contributed by atoms with Gasteiger partial charge in [-0.15, -0.1) is 12.4 Å². The Labute approximate surface area is 75.9 Å². The normalized spacial score (nSPS) is 7.36. The first kappa shape index (κ1) is 13.1. The molecule has 0 amide bonds. The van der Waals surface area contributed by atoms with Crippen molar-refractivity contribution in [2.45, 2.75) is 0 Å². The molecule has 62 valence electrons. The molecule has 2 N–H and O–H groups in total. The number of hydrogen-bond acceptors (Lipinski definition) is 1. The summed E-state index contributed by atoms with van der Waals surface area (Å²) in [6.07, 6.45) is 0. The fourth-order valence-electron chi connectivity index (χ4n) is 0.569. The molecule has 0 saturated heterocycles. The van der Waals surface area contributed by atoms with Crippen LogP contribution in [0.5, 0.6) is 0 Å². The lowest BCUT2D eigenvalue weighted by molar-refractivity contribution is 0.108. The van der Waals surface area contributed by atoms with Crippen molar-refractivity contribution in [2.24, 2.45) is 0 Å². The molecule has 0 fully saturated rings. The zero-order chi connectivity index (χ0) is 6.69. The van der Waals surface area contributed by atoms with E-state index in [9.17, 15) is 4.79 Å². The van der Waals surface area contributed by atoms with Gasteiger partial charge in [-0.2, -0.15) is 0 Å². The van der Waals surface area contributed by atoms with Gasteiger partial charge in [-0.05, 0) is 11.6 Å². The Morgan fingerprint density at radius 1 is 1.18 bits per heavy atom. The van der Waals surface area contributed by atoms with E-state index in [0.29, 0.717) is 5.56 Å². The summed E-state index contributed by atoms with van der Waals surface area (Å²) in [7, 11) is 0. The highest BCUT2D eigenvalue weighted by molar-refractivity contribution is 6.67. The largest absolute Gasteiger partial charge is 0.412 e. The van der Waals surface area contributed by atoms with Crippen LogP contribution < -0.4 is 0 Å². The first-order valence-corrected chi connectivity index (χ1v) is 2.93. The zero-order valence-electron chi connectivity index (χ0n) is 5.58. The van der Waals surface area contributed by atoms with Crippen LogP contribution in [0.1, 0.15) is 10.4 Å². The van der Waals surface area contributed by atoms with Crippen molar-refractivity contribution < 1.29 is 10.3 Å². The Morgan fingerprint density at radius 3 is 1.91 bits per heavy atom. The summed E-state index contributed by atoms with van der Waals surface area (Å²) in [4.78, 5) is 10.4. The average Bonchev–Trinajstić information content (AvgIpc) is 1.90. The summed E-state index contributed by atoms with van der Waals surface area (Å²) in [6.45, 7) is 0. The predicted molar refractivity (Wildman–Crippen MR) is 47.5 cm³/mol. The van der Waals surface area contributed by atoms with E-state index in [4.69, 9.17) is 11.6 Å². The second kappa shape index (κ2) is 6.16. The number of hydrogen-bond donors (Lipinski definition) is 0. The van der Waals surface area contributed by atoms with E-state index in [-0.39, 0.29) is 17.9 Å². The topological polar surface area (TPSA) is 48.6 Å². The molecule has 0 radical (unpaired) electrons. The van der Waals surface area contributed by atoms with Crippen molar-refractivity contribution in [2.75, 3.05) is 0 Å². The first-order valence-electron chi connectivity index (χ1n) is 2.55. The Hall–Kier alpha value is -0.570. The molecule has 4 heteroatoms. The quantitative estimate of drug-likeness (QED) is 0.628. The van der Waals surface area contributed by atoms with Gasteiger partial charge in [-0.3, -0.25) is 4.79 Å². The molecule has 0 aliphatic rings. The van der Waals surface area contributed by atoms with Crippen LogP contribution in [0.3, 0.4) is 0 Å². The lowest BCUT2D eigenvalue weighted by Crippen LogP contribution is -1.84. The third-order valence-corrected chi connectivity index (χ3v) is 1.22. The monoisotopic (exact) mass is 194 g/mol. The van der Waals surface area contributed by atoms with Crippen LogP contribution in [-0.2, 0) is 0 Å². The Morgan fingerprint density at radius 2 is 1.64 bits per heavy atom. The molecule has 0 aromatic heterocycles. The third-order valence-electron chi connectivity index (χ3n) is 1.00. The summed E-state index contributed by atoms with van der Waals surface area (Å²) in [5, 5.41) is -0.407. The van der Waals surface area contributed by atoms with Gasteiger partial charge in [-0.1, -0.05) is 30.3 Å². The van der Waals surface area contributed by atoms with Gasteiger partial charge in [0, 0.05) is 5.56 Å². The highest BCUT2D eigenvalue weighted by Gasteiger charge is 1.95. The van der Waals surface area contributed by atoms with Crippen LogP contribution in [-0.4, -0.2) is 10.7 Å². The molecular weight excluding hydrogens is 187 g/mol. The smallest absolute Gasteiger partial charge is 0.252 e. The van der Waals surface area contributed by atoms with Crippen molar-refractivity contribution in [3.05, 3.63) is 35.9 Å². The molecule has 2 nitrogen and oxygen atoms in total. The molecule has 0 saturated carbocycles. The minimum atomic E-state index is -0.407. The minimum Gasteiger partial charge on any atom is -0.412 e. The highest BCUT2D eigenvalue weighted by atomic mass is 35.5. The fraction of sp³-hybridized carbons (Fsp3) is 0. The molecular formula is C7H8Cl2O2. The molecule has 0 spiro atoms. The summed E-state index contributed by atoms with van der Waals surface area (Å²) in [5.74, 6) is 0. The molecule has 1 aromatic rings. The third kappa shape index (κ3) is 3.98. The predicted octanol–water partition coefficient (Wildman–Crippen LogP) is 1.66. The van der Waals surface area contributed by atoms with E-state index in [1.807, 2.05) is 6.07 Å². The van der Waals surface area contributed by atoms with Crippen molar-refractivity contribution in [3.63, 3.8) is 0 Å². The number of carbonyl (C=O) groups is 1. The van der Waals surface area contributed by atoms with E-state index in [0.717, 1.165) is 0 Å². The number of benzene rings is 1. The van der Waals surface area contributed by atoms with Gasteiger partial charge in [0.15, 0.2) is 0 Å². The van der Waals surface area contributed by atoms with Crippen molar-refractivity contribution in [1.82, 2.24) is 0 Å². The maximum atomic E-state index is 10.4. The van der Waals surface area contributed by atoms with E-state index >= 15 is 0 Å². The van der Waals surface area contributed by atoms with E-state index in [1.54, 1.807) is 24.3 Å². The van der Waals surface area contributed by atoms with Crippen molar-refractivity contribution in [3.8, 4) is 0 Å². The van der Waals surface area contributed by atoms with Crippen LogP contribution >= 0.6 is 24.0 Å². The van der Waals surface area contributed by atoms with Gasteiger partial charge in [0.2, 0.25) is 0 Å². The van der Waals surface area contributed by atoms with Crippen molar-refractivity contribution in [1.29, 1.82) is 0 Å². The second-order valence-electron chi connectivity index (χ2n) is 1.64. The van der Waals surface area contributed by atoms with E-state index in [1.165, 1.54) is 0 Å². The second-order valence-corrected chi connectivity index (χ2v) is 1.98. The highest BCUT2D eigenvalue weighted by Crippen LogP contribution is 2.01. The van der Waals surface area contributed by atoms with Gasteiger partial charge in [0.1, 0.15) is 0 Å². The molecule has 0 aliphatic heterocycles. The van der Waals surface area contributed by atoms with Gasteiger partial charge in [-0.25, -0.2) is 0 Å². The molecule has 0 heterocycles. The Kier molecular flexibility index (Phi) is 7.31. The van der Waals surface area contributed by atoms with Gasteiger partial charge in [0.25, 0.3) is 5.24 Å². The number of carbonyl (C=O) groups excluding carboxylic acids is 1. The molecule has 1 rings (SSSR count). The number of rotatable bonds is 1. The van der Waals surface area contributed by atoms with Crippen LogP contribution in [0.2, 0.25) is 0 Å². The van der Waals surface area contributed by atoms with Crippen LogP contribution in [0.4, 0.5) is 0 Å². The first-order chi connectivity index (χ1) is 4.30.